The normalized spacial score (nSPS) is 11.4. The van der Waals surface area contributed by atoms with Gasteiger partial charge in [0.05, 0.1) is 22.4 Å². The molecule has 0 spiro atoms. The first-order valence-corrected chi connectivity index (χ1v) is 13.5. The highest BCUT2D eigenvalue weighted by Crippen LogP contribution is 2.32. The zero-order valence-corrected chi connectivity index (χ0v) is 21.7. The number of fused-ring (bicyclic) bond motifs is 2. The SMILES string of the molecule is Cc1ccc(C)c(SCc2nc3cc4ccccc4cc3nc2CSc2cc(C)ccc2C)c1. The maximum atomic E-state index is 5.15. The summed E-state index contributed by atoms with van der Waals surface area (Å²) < 4.78 is 0. The molecule has 0 amide bonds. The van der Waals surface area contributed by atoms with Gasteiger partial charge in [0.25, 0.3) is 0 Å². The molecule has 0 N–H and O–H groups in total. The van der Waals surface area contributed by atoms with E-state index in [2.05, 4.69) is 100 Å². The molecule has 5 aromatic rings. The molecule has 2 nitrogen and oxygen atoms in total. The molecule has 4 heteroatoms. The van der Waals surface area contributed by atoms with Crippen LogP contribution in [0, 0.1) is 27.7 Å². The lowest BCUT2D eigenvalue weighted by molar-refractivity contribution is 1.07. The number of rotatable bonds is 6. The summed E-state index contributed by atoms with van der Waals surface area (Å²) >= 11 is 3.71. The summed E-state index contributed by atoms with van der Waals surface area (Å²) in [4.78, 5) is 12.9. The predicted molar refractivity (Wildman–Crippen MR) is 148 cm³/mol. The van der Waals surface area contributed by atoms with Gasteiger partial charge < -0.3 is 0 Å². The Kier molecular flexibility index (Phi) is 6.62. The van der Waals surface area contributed by atoms with Gasteiger partial charge in [0.15, 0.2) is 0 Å². The van der Waals surface area contributed by atoms with Crippen molar-refractivity contribution in [3.63, 3.8) is 0 Å². The Balaban J connectivity index is 1.53. The van der Waals surface area contributed by atoms with Crippen LogP contribution in [0.1, 0.15) is 33.6 Å². The van der Waals surface area contributed by atoms with Crippen LogP contribution in [-0.2, 0) is 11.5 Å². The number of thioether (sulfide) groups is 2. The highest BCUT2D eigenvalue weighted by Gasteiger charge is 2.13. The third-order valence-electron chi connectivity index (χ3n) is 6.10. The minimum absolute atomic E-state index is 0.808. The van der Waals surface area contributed by atoms with Crippen molar-refractivity contribution in [3.05, 3.63) is 106 Å². The van der Waals surface area contributed by atoms with E-state index in [9.17, 15) is 0 Å². The summed E-state index contributed by atoms with van der Waals surface area (Å²) in [7, 11) is 0. The van der Waals surface area contributed by atoms with E-state index in [-0.39, 0.29) is 0 Å². The van der Waals surface area contributed by atoms with Gasteiger partial charge in [0.1, 0.15) is 0 Å². The summed E-state index contributed by atoms with van der Waals surface area (Å²) in [6.45, 7) is 8.65. The fourth-order valence-electron chi connectivity index (χ4n) is 4.06. The topological polar surface area (TPSA) is 25.8 Å². The van der Waals surface area contributed by atoms with E-state index in [1.54, 1.807) is 0 Å². The van der Waals surface area contributed by atoms with E-state index in [0.717, 1.165) is 33.9 Å². The Morgan fingerprint density at radius 2 is 1.00 bits per heavy atom. The van der Waals surface area contributed by atoms with Gasteiger partial charge in [-0.3, -0.25) is 0 Å². The Hall–Kier alpha value is -2.82. The second kappa shape index (κ2) is 9.81. The molecule has 1 aromatic heterocycles. The fourth-order valence-corrected chi connectivity index (χ4v) is 6.24. The summed E-state index contributed by atoms with van der Waals surface area (Å²) in [6, 6.07) is 26.1. The number of hydrogen-bond acceptors (Lipinski definition) is 4. The van der Waals surface area contributed by atoms with Gasteiger partial charge in [-0.05, 0) is 73.9 Å². The Bertz CT molecular complexity index is 1390. The summed E-state index contributed by atoms with van der Waals surface area (Å²) in [5.74, 6) is 1.62. The van der Waals surface area contributed by atoms with Crippen LogP contribution in [0.5, 0.6) is 0 Å². The van der Waals surface area contributed by atoms with Crippen molar-refractivity contribution in [1.29, 1.82) is 0 Å². The Morgan fingerprint density at radius 1 is 0.559 bits per heavy atom. The van der Waals surface area contributed by atoms with Crippen molar-refractivity contribution in [2.45, 2.75) is 49.0 Å². The van der Waals surface area contributed by atoms with Gasteiger partial charge in [0.2, 0.25) is 0 Å². The van der Waals surface area contributed by atoms with Crippen molar-refractivity contribution in [1.82, 2.24) is 9.97 Å². The lowest BCUT2D eigenvalue weighted by atomic mass is 10.1. The van der Waals surface area contributed by atoms with Gasteiger partial charge in [-0.2, -0.15) is 0 Å². The van der Waals surface area contributed by atoms with Gasteiger partial charge in [-0.25, -0.2) is 9.97 Å². The molecule has 4 aromatic carbocycles. The van der Waals surface area contributed by atoms with Crippen molar-refractivity contribution in [2.75, 3.05) is 0 Å². The lowest BCUT2D eigenvalue weighted by Crippen LogP contribution is -2.01. The Labute approximate surface area is 210 Å². The van der Waals surface area contributed by atoms with Gasteiger partial charge in [-0.15, -0.1) is 23.5 Å². The largest absolute Gasteiger partial charge is 0.248 e. The van der Waals surface area contributed by atoms with Crippen LogP contribution in [0.15, 0.2) is 82.6 Å². The molecule has 0 aliphatic rings. The molecule has 0 radical (unpaired) electrons. The predicted octanol–water partition coefficient (Wildman–Crippen LogP) is 8.60. The van der Waals surface area contributed by atoms with E-state index in [4.69, 9.17) is 9.97 Å². The number of nitrogens with zero attached hydrogens (tertiary/aromatic N) is 2. The number of aryl methyl sites for hydroxylation is 4. The van der Waals surface area contributed by atoms with Crippen LogP contribution in [0.2, 0.25) is 0 Å². The number of benzene rings is 4. The molecule has 5 rings (SSSR count). The maximum Gasteiger partial charge on any atom is 0.0897 e. The van der Waals surface area contributed by atoms with Crippen LogP contribution >= 0.6 is 23.5 Å². The Morgan fingerprint density at radius 3 is 1.44 bits per heavy atom. The molecular weight excluding hydrogens is 452 g/mol. The first-order chi connectivity index (χ1) is 16.5. The first kappa shape index (κ1) is 22.9. The van der Waals surface area contributed by atoms with E-state index in [1.165, 1.54) is 42.8 Å². The molecule has 0 aliphatic heterocycles. The standard InChI is InChI=1S/C30H28N2S2/c1-19-9-11-21(3)29(13-19)33-17-27-28(18-34-30-14-20(2)10-12-22(30)4)32-26-16-24-8-6-5-7-23(24)15-25(26)31-27/h5-16H,17-18H2,1-4H3. The summed E-state index contributed by atoms with van der Waals surface area (Å²) in [6.07, 6.45) is 0. The second-order valence-corrected chi connectivity index (χ2v) is 11.0. The highest BCUT2D eigenvalue weighted by atomic mass is 32.2. The minimum atomic E-state index is 0.808. The summed E-state index contributed by atoms with van der Waals surface area (Å²) in [5.41, 5.74) is 9.28. The zero-order chi connectivity index (χ0) is 23.7. The van der Waals surface area contributed by atoms with Crippen molar-refractivity contribution in [3.8, 4) is 0 Å². The zero-order valence-electron chi connectivity index (χ0n) is 20.1. The molecule has 0 saturated carbocycles. The van der Waals surface area contributed by atoms with Crippen molar-refractivity contribution in [2.24, 2.45) is 0 Å². The second-order valence-electron chi connectivity index (χ2n) is 8.92. The number of aromatic nitrogens is 2. The first-order valence-electron chi connectivity index (χ1n) is 11.5. The van der Waals surface area contributed by atoms with E-state index in [0.29, 0.717) is 0 Å². The molecule has 0 bridgehead atoms. The molecule has 170 valence electrons. The van der Waals surface area contributed by atoms with Gasteiger partial charge in [0, 0.05) is 21.3 Å². The van der Waals surface area contributed by atoms with E-state index < -0.39 is 0 Å². The van der Waals surface area contributed by atoms with Crippen LogP contribution in [-0.4, -0.2) is 9.97 Å². The lowest BCUT2D eigenvalue weighted by Gasteiger charge is -2.13. The van der Waals surface area contributed by atoms with E-state index in [1.807, 2.05) is 23.5 Å². The average Bonchev–Trinajstić information content (AvgIpc) is 2.83. The van der Waals surface area contributed by atoms with E-state index >= 15 is 0 Å². The molecule has 0 aliphatic carbocycles. The molecule has 0 unspecified atom stereocenters. The third kappa shape index (κ3) is 4.98. The molecule has 0 atom stereocenters. The minimum Gasteiger partial charge on any atom is -0.248 e. The monoisotopic (exact) mass is 480 g/mol. The smallest absolute Gasteiger partial charge is 0.0897 e. The summed E-state index contributed by atoms with van der Waals surface area (Å²) in [5, 5.41) is 2.41. The van der Waals surface area contributed by atoms with Crippen LogP contribution in [0.3, 0.4) is 0 Å². The van der Waals surface area contributed by atoms with Crippen molar-refractivity contribution >= 4 is 45.3 Å². The molecule has 0 saturated heterocycles. The van der Waals surface area contributed by atoms with Crippen LogP contribution in [0.4, 0.5) is 0 Å². The highest BCUT2D eigenvalue weighted by molar-refractivity contribution is 7.99. The molecule has 34 heavy (non-hydrogen) atoms. The average molecular weight is 481 g/mol. The van der Waals surface area contributed by atoms with Crippen LogP contribution < -0.4 is 0 Å². The van der Waals surface area contributed by atoms with Gasteiger partial charge >= 0.3 is 0 Å². The quantitative estimate of drug-likeness (QED) is 0.179. The maximum absolute atomic E-state index is 5.15. The molecular formula is C30H28N2S2. The van der Waals surface area contributed by atoms with Crippen molar-refractivity contribution < 1.29 is 0 Å². The molecule has 0 fully saturated rings. The van der Waals surface area contributed by atoms with Crippen LogP contribution in [0.25, 0.3) is 21.8 Å². The number of hydrogen-bond donors (Lipinski definition) is 0. The molecule has 1 heterocycles. The third-order valence-corrected chi connectivity index (χ3v) is 8.44. The fraction of sp³-hybridized carbons (Fsp3) is 0.200. The van der Waals surface area contributed by atoms with Gasteiger partial charge in [-0.1, -0.05) is 59.7 Å².